The first-order chi connectivity index (χ1) is 13.5. The summed E-state index contributed by atoms with van der Waals surface area (Å²) < 4.78 is 2.05. The average Bonchev–Trinajstić information content (AvgIpc) is 3.07. The van der Waals surface area contributed by atoms with Crippen molar-refractivity contribution in [1.82, 2.24) is 4.57 Å². The molecule has 0 radical (unpaired) electrons. The van der Waals surface area contributed by atoms with Crippen LogP contribution in [0.3, 0.4) is 0 Å². The molecule has 4 rings (SSSR count). The molecule has 1 aliphatic rings. The van der Waals surface area contributed by atoms with Crippen LogP contribution in [0, 0.1) is 0 Å². The molecule has 3 aromatic rings. The Hall–Kier alpha value is -2.56. The molecule has 0 bridgehead atoms. The fraction of sp³-hybridized carbons (Fsp3) is 0.182. The quantitative estimate of drug-likeness (QED) is 0.555. The minimum atomic E-state index is -0.963. The SMILES string of the molecule is O=C(O)c1ccc(-c2cc(C(=O)c3c(Cl)cccc3Cl)n3c2CCCC3)cc1. The summed E-state index contributed by atoms with van der Waals surface area (Å²) in [6, 6.07) is 13.6. The molecule has 2 aromatic carbocycles. The van der Waals surface area contributed by atoms with E-state index in [0.29, 0.717) is 21.3 Å². The van der Waals surface area contributed by atoms with Crippen molar-refractivity contribution >= 4 is 35.0 Å². The van der Waals surface area contributed by atoms with Crippen LogP contribution in [-0.2, 0) is 13.0 Å². The van der Waals surface area contributed by atoms with E-state index in [9.17, 15) is 9.59 Å². The summed E-state index contributed by atoms with van der Waals surface area (Å²) >= 11 is 12.5. The number of carboxylic acid groups (broad SMARTS) is 1. The Morgan fingerprint density at radius 2 is 1.64 bits per heavy atom. The lowest BCUT2D eigenvalue weighted by Gasteiger charge is -2.19. The summed E-state index contributed by atoms with van der Waals surface area (Å²) in [7, 11) is 0. The zero-order chi connectivity index (χ0) is 19.8. The van der Waals surface area contributed by atoms with Crippen LogP contribution in [0.2, 0.25) is 10.0 Å². The minimum absolute atomic E-state index is 0.202. The maximum absolute atomic E-state index is 13.3. The first-order valence-electron chi connectivity index (χ1n) is 9.02. The molecular formula is C22H17Cl2NO3. The van der Waals surface area contributed by atoms with E-state index in [-0.39, 0.29) is 11.3 Å². The van der Waals surface area contributed by atoms with Gasteiger partial charge in [0.15, 0.2) is 0 Å². The van der Waals surface area contributed by atoms with Crippen molar-refractivity contribution in [2.75, 3.05) is 0 Å². The van der Waals surface area contributed by atoms with Gasteiger partial charge in [-0.3, -0.25) is 4.79 Å². The van der Waals surface area contributed by atoms with E-state index >= 15 is 0 Å². The number of halogens is 2. The van der Waals surface area contributed by atoms with Crippen molar-refractivity contribution < 1.29 is 14.7 Å². The standard InChI is InChI=1S/C22H17Cl2NO3/c23-16-4-3-5-17(24)20(16)21(26)19-12-15(18-6-1-2-11-25(18)19)13-7-9-14(10-8-13)22(27)28/h3-5,7-10,12H,1-2,6,11H2,(H,27,28). The molecule has 0 aliphatic carbocycles. The van der Waals surface area contributed by atoms with Gasteiger partial charge >= 0.3 is 5.97 Å². The van der Waals surface area contributed by atoms with E-state index in [2.05, 4.69) is 0 Å². The fourth-order valence-corrected chi connectivity index (χ4v) is 4.32. The Labute approximate surface area is 172 Å². The number of benzene rings is 2. The number of carbonyl (C=O) groups excluding carboxylic acids is 1. The van der Waals surface area contributed by atoms with E-state index in [4.69, 9.17) is 28.3 Å². The predicted octanol–water partition coefficient (Wildman–Crippen LogP) is 5.73. The number of fused-ring (bicyclic) bond motifs is 1. The highest BCUT2D eigenvalue weighted by atomic mass is 35.5. The summed E-state index contributed by atoms with van der Waals surface area (Å²) in [5, 5.41) is 9.78. The molecule has 0 fully saturated rings. The molecule has 6 heteroatoms. The number of hydrogen-bond acceptors (Lipinski definition) is 2. The molecule has 142 valence electrons. The lowest BCUT2D eigenvalue weighted by Crippen LogP contribution is -2.17. The number of aromatic nitrogens is 1. The van der Waals surface area contributed by atoms with Crippen molar-refractivity contribution in [2.45, 2.75) is 25.8 Å². The van der Waals surface area contributed by atoms with Crippen molar-refractivity contribution in [3.05, 3.63) is 81.1 Å². The van der Waals surface area contributed by atoms with Crippen LogP contribution < -0.4 is 0 Å². The molecular weight excluding hydrogens is 397 g/mol. The van der Waals surface area contributed by atoms with Crippen molar-refractivity contribution in [1.29, 1.82) is 0 Å². The third-order valence-electron chi connectivity index (χ3n) is 5.12. The molecule has 0 spiro atoms. The highest BCUT2D eigenvalue weighted by molar-refractivity contribution is 6.40. The number of nitrogens with zero attached hydrogens (tertiary/aromatic N) is 1. The van der Waals surface area contributed by atoms with E-state index in [1.165, 1.54) is 0 Å². The van der Waals surface area contributed by atoms with Crippen LogP contribution in [0.1, 0.15) is 44.9 Å². The van der Waals surface area contributed by atoms with Gasteiger partial charge in [0.05, 0.1) is 26.9 Å². The Morgan fingerprint density at radius 3 is 2.29 bits per heavy atom. The first-order valence-corrected chi connectivity index (χ1v) is 9.78. The summed E-state index contributed by atoms with van der Waals surface area (Å²) in [6.07, 6.45) is 2.90. The molecule has 0 unspecified atom stereocenters. The molecule has 1 N–H and O–H groups in total. The predicted molar refractivity (Wildman–Crippen MR) is 110 cm³/mol. The van der Waals surface area contributed by atoms with Gasteiger partial charge in [0, 0.05) is 17.8 Å². The number of ketones is 1. The summed E-state index contributed by atoms with van der Waals surface area (Å²) in [4.78, 5) is 24.4. The van der Waals surface area contributed by atoms with Gasteiger partial charge in [-0.2, -0.15) is 0 Å². The van der Waals surface area contributed by atoms with Crippen LogP contribution in [0.25, 0.3) is 11.1 Å². The van der Waals surface area contributed by atoms with E-state index in [0.717, 1.165) is 42.6 Å². The number of aromatic carboxylic acids is 1. The zero-order valence-corrected chi connectivity index (χ0v) is 16.4. The molecule has 1 aliphatic heterocycles. The lowest BCUT2D eigenvalue weighted by molar-refractivity contribution is 0.0696. The first kappa shape index (κ1) is 18.8. The molecule has 2 heterocycles. The van der Waals surface area contributed by atoms with Gasteiger partial charge in [-0.1, -0.05) is 41.4 Å². The Kier molecular flexibility index (Phi) is 5.00. The maximum Gasteiger partial charge on any atom is 0.335 e. The Balaban J connectivity index is 1.84. The molecule has 4 nitrogen and oxygen atoms in total. The van der Waals surface area contributed by atoms with Crippen LogP contribution >= 0.6 is 23.2 Å². The second-order valence-corrected chi connectivity index (χ2v) is 7.62. The van der Waals surface area contributed by atoms with Gasteiger partial charge in [-0.05, 0) is 55.2 Å². The molecule has 28 heavy (non-hydrogen) atoms. The largest absolute Gasteiger partial charge is 0.478 e. The normalized spacial score (nSPS) is 13.2. The monoisotopic (exact) mass is 413 g/mol. The number of rotatable bonds is 4. The highest BCUT2D eigenvalue weighted by Gasteiger charge is 2.26. The Bertz CT molecular complexity index is 1060. The number of hydrogen-bond donors (Lipinski definition) is 1. The zero-order valence-electron chi connectivity index (χ0n) is 14.9. The maximum atomic E-state index is 13.3. The van der Waals surface area contributed by atoms with Crippen molar-refractivity contribution in [3.8, 4) is 11.1 Å². The van der Waals surface area contributed by atoms with Gasteiger partial charge in [-0.15, -0.1) is 0 Å². The fourth-order valence-electron chi connectivity index (χ4n) is 3.75. The summed E-state index contributed by atoms with van der Waals surface area (Å²) in [6.45, 7) is 0.756. The minimum Gasteiger partial charge on any atom is -0.478 e. The Morgan fingerprint density at radius 1 is 0.964 bits per heavy atom. The molecule has 0 saturated carbocycles. The van der Waals surface area contributed by atoms with E-state index in [1.807, 2.05) is 10.6 Å². The highest BCUT2D eigenvalue weighted by Crippen LogP contribution is 2.35. The van der Waals surface area contributed by atoms with Crippen LogP contribution in [0.5, 0.6) is 0 Å². The van der Waals surface area contributed by atoms with Crippen LogP contribution in [0.4, 0.5) is 0 Å². The molecule has 1 aromatic heterocycles. The average molecular weight is 414 g/mol. The van der Waals surface area contributed by atoms with Gasteiger partial charge in [0.25, 0.3) is 0 Å². The molecule has 0 saturated heterocycles. The van der Waals surface area contributed by atoms with Crippen LogP contribution in [-0.4, -0.2) is 21.4 Å². The summed E-state index contributed by atoms with van der Waals surface area (Å²) in [5.74, 6) is -1.16. The lowest BCUT2D eigenvalue weighted by atomic mass is 10.00. The third kappa shape index (κ3) is 3.23. The number of carboxylic acids is 1. The third-order valence-corrected chi connectivity index (χ3v) is 5.75. The smallest absolute Gasteiger partial charge is 0.335 e. The van der Waals surface area contributed by atoms with E-state index in [1.54, 1.807) is 42.5 Å². The van der Waals surface area contributed by atoms with Gasteiger partial charge in [0.2, 0.25) is 5.78 Å². The summed E-state index contributed by atoms with van der Waals surface area (Å²) in [5.41, 5.74) is 4.02. The molecule has 0 atom stereocenters. The number of carbonyl (C=O) groups is 2. The topological polar surface area (TPSA) is 59.3 Å². The second kappa shape index (κ2) is 7.46. The van der Waals surface area contributed by atoms with Gasteiger partial charge in [0.1, 0.15) is 0 Å². The van der Waals surface area contributed by atoms with Gasteiger partial charge in [-0.25, -0.2) is 4.79 Å². The van der Waals surface area contributed by atoms with Crippen molar-refractivity contribution in [2.24, 2.45) is 0 Å². The van der Waals surface area contributed by atoms with Crippen molar-refractivity contribution in [3.63, 3.8) is 0 Å². The molecule has 0 amide bonds. The van der Waals surface area contributed by atoms with Crippen LogP contribution in [0.15, 0.2) is 48.5 Å². The van der Waals surface area contributed by atoms with E-state index < -0.39 is 5.97 Å². The van der Waals surface area contributed by atoms with Gasteiger partial charge < -0.3 is 9.67 Å². The second-order valence-electron chi connectivity index (χ2n) is 6.81.